The second kappa shape index (κ2) is 7.54. The lowest BCUT2D eigenvalue weighted by Crippen LogP contribution is -2.25. The van der Waals surface area contributed by atoms with Gasteiger partial charge in [-0.05, 0) is 32.4 Å². The van der Waals surface area contributed by atoms with Crippen LogP contribution >= 0.6 is 0 Å². The minimum Gasteiger partial charge on any atom is -0.346 e. The van der Waals surface area contributed by atoms with Gasteiger partial charge in [0.15, 0.2) is 0 Å². The van der Waals surface area contributed by atoms with Gasteiger partial charge in [-0.25, -0.2) is 0 Å². The number of nitro benzene ring substituents is 1. The Kier molecular flexibility index (Phi) is 5.47. The summed E-state index contributed by atoms with van der Waals surface area (Å²) >= 11 is 0. The lowest BCUT2D eigenvalue weighted by Gasteiger charge is -2.12. The van der Waals surface area contributed by atoms with Crippen LogP contribution in [0.3, 0.4) is 0 Å². The van der Waals surface area contributed by atoms with Crippen LogP contribution in [0.5, 0.6) is 0 Å². The number of nitrogens with zero attached hydrogens (tertiary/aromatic N) is 3. The maximum absolute atomic E-state index is 12.0. The van der Waals surface area contributed by atoms with Gasteiger partial charge in [-0.15, -0.1) is 0 Å². The number of aryl methyl sites for hydroxylation is 1. The first-order valence-electron chi connectivity index (χ1n) is 7.67. The maximum atomic E-state index is 12.0. The van der Waals surface area contributed by atoms with E-state index in [1.807, 2.05) is 25.5 Å². The Morgan fingerprint density at radius 2 is 2.25 bits per heavy atom. The summed E-state index contributed by atoms with van der Waals surface area (Å²) in [6.45, 7) is 6.64. The molecular weight excluding hydrogens is 308 g/mol. The number of benzene rings is 1. The standard InChI is InChI=1S/C17H20N4O3/c1-4-20-13(3)16(11-18-20)12(2)19-17(22)9-8-14-6-5-7-15(10-14)21(23)24/h5-12H,4H2,1-3H3,(H,19,22)/b9-8+. The Balaban J connectivity index is 2.03. The molecule has 1 heterocycles. The van der Waals surface area contributed by atoms with Crippen LogP contribution in [0, 0.1) is 17.0 Å². The average molecular weight is 328 g/mol. The van der Waals surface area contributed by atoms with Crippen molar-refractivity contribution >= 4 is 17.7 Å². The molecular formula is C17H20N4O3. The topological polar surface area (TPSA) is 90.1 Å². The molecule has 0 radical (unpaired) electrons. The first kappa shape index (κ1) is 17.4. The summed E-state index contributed by atoms with van der Waals surface area (Å²) in [5.74, 6) is -0.266. The van der Waals surface area contributed by atoms with Gasteiger partial charge in [0.25, 0.3) is 5.69 Å². The van der Waals surface area contributed by atoms with E-state index in [2.05, 4.69) is 10.4 Å². The number of carbonyl (C=O) groups excluding carboxylic acids is 1. The summed E-state index contributed by atoms with van der Waals surface area (Å²) in [7, 11) is 0. The number of non-ortho nitro benzene ring substituents is 1. The zero-order chi connectivity index (χ0) is 17.7. The highest BCUT2D eigenvalue weighted by atomic mass is 16.6. The minimum atomic E-state index is -0.465. The Morgan fingerprint density at radius 1 is 1.50 bits per heavy atom. The number of aromatic nitrogens is 2. The van der Waals surface area contributed by atoms with Gasteiger partial charge in [-0.3, -0.25) is 19.6 Å². The van der Waals surface area contributed by atoms with Crippen molar-refractivity contribution in [3.05, 3.63) is 63.5 Å². The molecule has 1 unspecified atom stereocenters. The monoisotopic (exact) mass is 328 g/mol. The highest BCUT2D eigenvalue weighted by Gasteiger charge is 2.14. The summed E-state index contributed by atoms with van der Waals surface area (Å²) in [6, 6.07) is 5.94. The highest BCUT2D eigenvalue weighted by Crippen LogP contribution is 2.17. The van der Waals surface area contributed by atoms with Gasteiger partial charge in [-0.2, -0.15) is 5.10 Å². The van der Waals surface area contributed by atoms with Crippen molar-refractivity contribution in [1.29, 1.82) is 0 Å². The SMILES string of the molecule is CCn1ncc(C(C)NC(=O)/C=C/c2cccc([N+](=O)[O-])c2)c1C. The summed E-state index contributed by atoms with van der Waals surface area (Å²) < 4.78 is 1.87. The first-order valence-corrected chi connectivity index (χ1v) is 7.67. The summed E-state index contributed by atoms with van der Waals surface area (Å²) in [4.78, 5) is 22.3. The van der Waals surface area contributed by atoms with Crippen molar-refractivity contribution in [2.45, 2.75) is 33.4 Å². The number of nitro groups is 1. The van der Waals surface area contributed by atoms with Gasteiger partial charge in [0, 0.05) is 36.0 Å². The van der Waals surface area contributed by atoms with Crippen molar-refractivity contribution in [3.63, 3.8) is 0 Å². The predicted molar refractivity (Wildman–Crippen MR) is 91.3 cm³/mol. The Labute approximate surface area is 140 Å². The molecule has 7 nitrogen and oxygen atoms in total. The van der Waals surface area contributed by atoms with Crippen molar-refractivity contribution in [2.24, 2.45) is 0 Å². The fourth-order valence-electron chi connectivity index (χ4n) is 2.46. The van der Waals surface area contributed by atoms with Crippen LogP contribution in [-0.2, 0) is 11.3 Å². The van der Waals surface area contributed by atoms with Crippen LogP contribution in [0.1, 0.15) is 36.7 Å². The molecule has 1 atom stereocenters. The molecule has 1 aromatic carbocycles. The van der Waals surface area contributed by atoms with Crippen LogP contribution in [0.4, 0.5) is 5.69 Å². The number of nitrogens with one attached hydrogen (secondary N) is 1. The molecule has 7 heteroatoms. The lowest BCUT2D eigenvalue weighted by atomic mass is 10.1. The minimum absolute atomic E-state index is 0.00599. The molecule has 0 saturated heterocycles. The van der Waals surface area contributed by atoms with E-state index in [4.69, 9.17) is 0 Å². The Morgan fingerprint density at radius 3 is 2.88 bits per heavy atom. The van der Waals surface area contributed by atoms with E-state index in [1.54, 1.807) is 24.4 Å². The molecule has 0 spiro atoms. The number of amides is 1. The number of hydrogen-bond acceptors (Lipinski definition) is 4. The molecule has 0 saturated carbocycles. The Hall–Kier alpha value is -2.96. The van der Waals surface area contributed by atoms with E-state index < -0.39 is 4.92 Å². The molecule has 2 rings (SSSR count). The zero-order valence-corrected chi connectivity index (χ0v) is 13.9. The van der Waals surface area contributed by atoms with E-state index in [9.17, 15) is 14.9 Å². The van der Waals surface area contributed by atoms with E-state index >= 15 is 0 Å². The normalized spacial score (nSPS) is 12.3. The van der Waals surface area contributed by atoms with Crippen LogP contribution in [0.2, 0.25) is 0 Å². The summed E-state index contributed by atoms with van der Waals surface area (Å²) in [6.07, 6.45) is 4.68. The van der Waals surface area contributed by atoms with E-state index in [0.717, 1.165) is 17.8 Å². The number of hydrogen-bond donors (Lipinski definition) is 1. The molecule has 2 aromatic rings. The molecule has 0 aliphatic heterocycles. The summed E-state index contributed by atoms with van der Waals surface area (Å²) in [5.41, 5.74) is 2.58. The van der Waals surface area contributed by atoms with Crippen LogP contribution in [-0.4, -0.2) is 20.6 Å². The molecule has 0 aliphatic rings. The quantitative estimate of drug-likeness (QED) is 0.501. The number of carbonyl (C=O) groups is 1. The molecule has 1 aromatic heterocycles. The molecule has 126 valence electrons. The van der Waals surface area contributed by atoms with Crippen molar-refractivity contribution in [3.8, 4) is 0 Å². The fraction of sp³-hybridized carbons (Fsp3) is 0.294. The van der Waals surface area contributed by atoms with Gasteiger partial charge in [0.1, 0.15) is 0 Å². The van der Waals surface area contributed by atoms with Gasteiger partial charge in [0.05, 0.1) is 17.2 Å². The van der Waals surface area contributed by atoms with Gasteiger partial charge < -0.3 is 5.32 Å². The third kappa shape index (κ3) is 4.07. The molecule has 1 amide bonds. The third-order valence-electron chi connectivity index (χ3n) is 3.77. The Bertz CT molecular complexity index is 780. The molecule has 0 aliphatic carbocycles. The second-order valence-corrected chi connectivity index (χ2v) is 5.42. The maximum Gasteiger partial charge on any atom is 0.270 e. The third-order valence-corrected chi connectivity index (χ3v) is 3.77. The highest BCUT2D eigenvalue weighted by molar-refractivity contribution is 5.92. The molecule has 0 fully saturated rings. The fourth-order valence-corrected chi connectivity index (χ4v) is 2.46. The zero-order valence-electron chi connectivity index (χ0n) is 13.9. The summed E-state index contributed by atoms with van der Waals surface area (Å²) in [5, 5.41) is 17.9. The van der Waals surface area contributed by atoms with Crippen molar-refractivity contribution in [1.82, 2.24) is 15.1 Å². The predicted octanol–water partition coefficient (Wildman–Crippen LogP) is 3.01. The van der Waals surface area contributed by atoms with Crippen LogP contribution in [0.25, 0.3) is 6.08 Å². The van der Waals surface area contributed by atoms with Gasteiger partial charge >= 0.3 is 0 Å². The van der Waals surface area contributed by atoms with Crippen LogP contribution in [0.15, 0.2) is 36.5 Å². The second-order valence-electron chi connectivity index (χ2n) is 5.42. The van der Waals surface area contributed by atoms with Gasteiger partial charge in [-0.1, -0.05) is 12.1 Å². The van der Waals surface area contributed by atoms with E-state index in [-0.39, 0.29) is 17.6 Å². The van der Waals surface area contributed by atoms with E-state index in [0.29, 0.717) is 5.56 Å². The largest absolute Gasteiger partial charge is 0.346 e. The molecule has 24 heavy (non-hydrogen) atoms. The van der Waals surface area contributed by atoms with Crippen molar-refractivity contribution < 1.29 is 9.72 Å². The van der Waals surface area contributed by atoms with Gasteiger partial charge in [0.2, 0.25) is 5.91 Å². The average Bonchev–Trinajstić information content (AvgIpc) is 2.94. The molecule has 1 N–H and O–H groups in total. The molecule has 0 bridgehead atoms. The lowest BCUT2D eigenvalue weighted by molar-refractivity contribution is -0.384. The van der Waals surface area contributed by atoms with Crippen molar-refractivity contribution in [2.75, 3.05) is 0 Å². The number of rotatable bonds is 6. The van der Waals surface area contributed by atoms with Crippen LogP contribution < -0.4 is 5.32 Å². The smallest absolute Gasteiger partial charge is 0.270 e. The van der Waals surface area contributed by atoms with E-state index in [1.165, 1.54) is 18.2 Å². The first-order chi connectivity index (χ1) is 11.4.